The number of rotatable bonds is 16. The molecule has 0 fully saturated rings. The van der Waals surface area contributed by atoms with Crippen LogP contribution in [0.1, 0.15) is 61.8 Å². The minimum Gasteiger partial charge on any atom is -0.490 e. The van der Waals surface area contributed by atoms with E-state index in [1.165, 1.54) is 22.3 Å². The number of hydrogen-bond acceptors (Lipinski definition) is 8. The van der Waals surface area contributed by atoms with Crippen LogP contribution in [0.25, 0.3) is 11.1 Å². The highest BCUT2D eigenvalue weighted by atomic mass is 32.1. The highest BCUT2D eigenvalue weighted by Crippen LogP contribution is 2.56. The summed E-state index contributed by atoms with van der Waals surface area (Å²) in [5, 5.41) is 0.0117. The highest BCUT2D eigenvalue weighted by Gasteiger charge is 2.45. The van der Waals surface area contributed by atoms with Gasteiger partial charge in [0.15, 0.2) is 0 Å². The smallest absolute Gasteiger partial charge is 0.307 e. The van der Waals surface area contributed by atoms with E-state index in [0.29, 0.717) is 11.5 Å². The normalized spacial score (nSPS) is 14.0. The molecule has 1 aliphatic rings. The maximum absolute atomic E-state index is 12.0. The van der Waals surface area contributed by atoms with Gasteiger partial charge in [-0.25, -0.2) is 0 Å². The minimum atomic E-state index is -0.569. The van der Waals surface area contributed by atoms with Crippen molar-refractivity contribution in [1.82, 2.24) is 0 Å². The van der Waals surface area contributed by atoms with Crippen LogP contribution in [-0.2, 0) is 24.5 Å². The second kappa shape index (κ2) is 16.3. The molecule has 0 amide bonds. The van der Waals surface area contributed by atoms with Crippen molar-refractivity contribution >= 4 is 37.2 Å². The lowest BCUT2D eigenvalue weighted by molar-refractivity contribution is -0.145. The summed E-state index contributed by atoms with van der Waals surface area (Å²) in [7, 11) is 0. The number of thiol groups is 2. The van der Waals surface area contributed by atoms with Crippen molar-refractivity contribution < 1.29 is 28.5 Å². The van der Waals surface area contributed by atoms with E-state index in [2.05, 4.69) is 98.1 Å². The van der Waals surface area contributed by atoms with Crippen molar-refractivity contribution in [3.05, 3.63) is 119 Å². The van der Waals surface area contributed by atoms with Gasteiger partial charge in [-0.1, -0.05) is 86.6 Å². The van der Waals surface area contributed by atoms with Gasteiger partial charge in [0.2, 0.25) is 0 Å². The fraction of sp³-hybridized carbons (Fsp3) is 0.333. The van der Waals surface area contributed by atoms with Crippen LogP contribution in [0.2, 0.25) is 0 Å². The number of hydrogen-bond donors (Lipinski definition) is 2. The summed E-state index contributed by atoms with van der Waals surface area (Å²) in [5.74, 6) is 0.870. The molecule has 0 bridgehead atoms. The van der Waals surface area contributed by atoms with E-state index in [-0.39, 0.29) is 61.7 Å². The first-order chi connectivity index (χ1) is 22.9. The Labute approximate surface area is 288 Å². The zero-order valence-electron chi connectivity index (χ0n) is 26.9. The molecule has 0 heterocycles. The largest absolute Gasteiger partial charge is 0.490 e. The SMILES string of the molecule is CCC(S)CC(=O)OCCOc1ccc(C2(c3ccc(OCCOC(=O)CC(S)CC)cc3)c3ccccc3-c3ccccc32)cc1. The molecule has 2 unspecified atom stereocenters. The van der Waals surface area contributed by atoms with Crippen LogP contribution in [0.5, 0.6) is 11.5 Å². The van der Waals surface area contributed by atoms with E-state index in [9.17, 15) is 9.59 Å². The zero-order chi connectivity index (χ0) is 33.2. The van der Waals surface area contributed by atoms with Gasteiger partial charge in [0.1, 0.15) is 37.9 Å². The Morgan fingerprint density at radius 2 is 0.957 bits per heavy atom. The highest BCUT2D eigenvalue weighted by molar-refractivity contribution is 7.81. The van der Waals surface area contributed by atoms with Gasteiger partial charge in [0.25, 0.3) is 0 Å². The second-order valence-corrected chi connectivity index (χ2v) is 13.0. The predicted octanol–water partition coefficient (Wildman–Crippen LogP) is 8.09. The second-order valence-electron chi connectivity index (χ2n) is 11.6. The maximum atomic E-state index is 12.0. The molecule has 0 aliphatic heterocycles. The Bertz CT molecular complexity index is 1510. The quantitative estimate of drug-likeness (QED) is 0.0629. The molecule has 246 valence electrons. The first kappa shape index (κ1) is 34.5. The predicted molar refractivity (Wildman–Crippen MR) is 192 cm³/mol. The van der Waals surface area contributed by atoms with Gasteiger partial charge in [-0.15, -0.1) is 0 Å². The van der Waals surface area contributed by atoms with E-state index in [1.54, 1.807) is 0 Å². The molecule has 1 aliphatic carbocycles. The van der Waals surface area contributed by atoms with Gasteiger partial charge in [-0.05, 0) is 70.5 Å². The van der Waals surface area contributed by atoms with Gasteiger partial charge in [0.05, 0.1) is 18.3 Å². The number of carbonyl (C=O) groups is 2. The molecule has 0 N–H and O–H groups in total. The number of benzene rings is 4. The lowest BCUT2D eigenvalue weighted by Crippen LogP contribution is -2.28. The summed E-state index contributed by atoms with van der Waals surface area (Å²) >= 11 is 8.74. The molecule has 0 radical (unpaired) electrons. The molecule has 0 spiro atoms. The van der Waals surface area contributed by atoms with Gasteiger partial charge in [-0.2, -0.15) is 25.3 Å². The molecule has 4 aromatic carbocycles. The van der Waals surface area contributed by atoms with Crippen molar-refractivity contribution in [2.24, 2.45) is 0 Å². The molecule has 6 nitrogen and oxygen atoms in total. The van der Waals surface area contributed by atoms with Gasteiger partial charge < -0.3 is 18.9 Å². The lowest BCUT2D eigenvalue weighted by atomic mass is 9.68. The van der Waals surface area contributed by atoms with Gasteiger partial charge >= 0.3 is 11.9 Å². The third-order valence-electron chi connectivity index (χ3n) is 8.50. The van der Waals surface area contributed by atoms with Crippen LogP contribution in [0.4, 0.5) is 0 Å². The fourth-order valence-corrected chi connectivity index (χ4v) is 6.35. The van der Waals surface area contributed by atoms with E-state index in [1.807, 2.05) is 38.1 Å². The number of ether oxygens (including phenoxy) is 4. The van der Waals surface area contributed by atoms with Crippen LogP contribution < -0.4 is 9.47 Å². The summed E-state index contributed by atoms with van der Waals surface area (Å²) < 4.78 is 22.5. The molecule has 8 heteroatoms. The average molecular weight is 671 g/mol. The molecule has 0 saturated heterocycles. The van der Waals surface area contributed by atoms with E-state index in [0.717, 1.165) is 24.0 Å². The zero-order valence-corrected chi connectivity index (χ0v) is 28.7. The van der Waals surface area contributed by atoms with Crippen molar-refractivity contribution in [2.45, 2.75) is 55.4 Å². The van der Waals surface area contributed by atoms with Crippen molar-refractivity contribution in [3.8, 4) is 22.6 Å². The molecule has 2 atom stereocenters. The molecular weight excluding hydrogens is 629 g/mol. The molecule has 0 aromatic heterocycles. The molecular formula is C39H42O6S2. The fourth-order valence-electron chi connectivity index (χ4n) is 6.05. The summed E-state index contributed by atoms with van der Waals surface area (Å²) in [6, 6.07) is 33.4. The van der Waals surface area contributed by atoms with Crippen LogP contribution in [0, 0.1) is 0 Å². The van der Waals surface area contributed by atoms with Gasteiger partial charge in [-0.3, -0.25) is 9.59 Å². The number of fused-ring (bicyclic) bond motifs is 3. The summed E-state index contributed by atoms with van der Waals surface area (Å²) in [5.41, 5.74) is 6.43. The summed E-state index contributed by atoms with van der Waals surface area (Å²) in [6.45, 7) is 4.87. The maximum Gasteiger partial charge on any atom is 0.307 e. The summed E-state index contributed by atoms with van der Waals surface area (Å²) in [4.78, 5) is 24.0. The Hall–Kier alpha value is -3.88. The topological polar surface area (TPSA) is 71.1 Å². The van der Waals surface area contributed by atoms with E-state index in [4.69, 9.17) is 18.9 Å². The Balaban J connectivity index is 1.35. The van der Waals surface area contributed by atoms with E-state index >= 15 is 0 Å². The Kier molecular flexibility index (Phi) is 11.9. The lowest BCUT2D eigenvalue weighted by Gasteiger charge is -2.34. The van der Waals surface area contributed by atoms with Crippen LogP contribution >= 0.6 is 25.3 Å². The van der Waals surface area contributed by atoms with Crippen LogP contribution in [0.15, 0.2) is 97.1 Å². The Morgan fingerprint density at radius 1 is 0.574 bits per heavy atom. The van der Waals surface area contributed by atoms with Crippen LogP contribution in [-0.4, -0.2) is 48.9 Å². The molecule has 5 rings (SSSR count). The molecule has 4 aromatic rings. The monoisotopic (exact) mass is 670 g/mol. The number of esters is 2. The third-order valence-corrected chi connectivity index (χ3v) is 9.60. The first-order valence-electron chi connectivity index (χ1n) is 16.2. The molecule has 47 heavy (non-hydrogen) atoms. The number of carbonyl (C=O) groups excluding carboxylic acids is 2. The standard InChI is InChI=1S/C39H42O6S2/c1-3-31(46)25-37(40)44-23-21-42-29-17-13-27(14-18-29)39(35-11-7-5-9-33(35)34-10-6-8-12-36(34)39)28-15-19-30(20-16-28)43-22-24-45-38(41)26-32(47)4-2/h5-20,31-32,46-47H,3-4,21-26H2,1-2H3. The van der Waals surface area contributed by atoms with Crippen molar-refractivity contribution in [2.75, 3.05) is 26.4 Å². The minimum absolute atomic E-state index is 0.00585. The third kappa shape index (κ3) is 7.99. The first-order valence-corrected chi connectivity index (χ1v) is 17.2. The Morgan fingerprint density at radius 3 is 1.34 bits per heavy atom. The van der Waals surface area contributed by atoms with Crippen molar-refractivity contribution in [1.29, 1.82) is 0 Å². The van der Waals surface area contributed by atoms with Crippen LogP contribution in [0.3, 0.4) is 0 Å². The average Bonchev–Trinajstić information content (AvgIpc) is 3.40. The van der Waals surface area contributed by atoms with Gasteiger partial charge in [0, 0.05) is 10.5 Å². The van der Waals surface area contributed by atoms with E-state index < -0.39 is 5.41 Å². The molecule has 0 saturated carbocycles. The summed E-state index contributed by atoms with van der Waals surface area (Å²) in [6.07, 6.45) is 2.20. The van der Waals surface area contributed by atoms with Crippen molar-refractivity contribution in [3.63, 3.8) is 0 Å².